The predicted molar refractivity (Wildman–Crippen MR) is 171 cm³/mol. The fourth-order valence-electron chi connectivity index (χ4n) is 7.89. The molecule has 9 heteroatoms. The van der Waals surface area contributed by atoms with Crippen molar-refractivity contribution in [1.29, 1.82) is 0 Å². The smallest absolute Gasteiger partial charge is 0.256 e. The van der Waals surface area contributed by atoms with Crippen LogP contribution in [0, 0.1) is 23.3 Å². The van der Waals surface area contributed by atoms with Crippen LogP contribution in [-0.4, -0.2) is 13.4 Å². The van der Waals surface area contributed by atoms with Crippen LogP contribution in [-0.2, 0) is 0 Å². The molecular weight excluding hydrogens is 574 g/mol. The predicted octanol–water partition coefficient (Wildman–Crippen LogP) is 5.26. The summed E-state index contributed by atoms with van der Waals surface area (Å²) < 4.78 is 66.7. The molecule has 0 radical (unpaired) electrons. The molecular formula is C36H18B2F4N2O. The molecule has 0 N–H and O–H groups in total. The second-order valence-corrected chi connectivity index (χ2v) is 11.8. The molecule has 0 fully saturated rings. The molecule has 0 saturated carbocycles. The third kappa shape index (κ3) is 3.22. The Hall–Kier alpha value is -5.43. The van der Waals surface area contributed by atoms with E-state index in [0.717, 1.165) is 33.7 Å². The van der Waals surface area contributed by atoms with Gasteiger partial charge >= 0.3 is 0 Å². The van der Waals surface area contributed by atoms with Crippen molar-refractivity contribution in [2.45, 2.75) is 0 Å². The van der Waals surface area contributed by atoms with Crippen molar-refractivity contribution < 1.29 is 22.3 Å². The highest BCUT2D eigenvalue weighted by Crippen LogP contribution is 2.47. The van der Waals surface area contributed by atoms with Crippen LogP contribution >= 0.6 is 0 Å². The standard InChI is InChI=1S/C36H18B2F4N2O/c39-19-6-10-28-24(14-19)37-25-15-20(40)7-11-29(25)44-30-12-8-21(41)16-26(30)38-27-17-22(42)9-13-32(27)45-33-18-31(34(37)36(44)35(33)38)43(28)23-4-2-1-3-5-23/h1-18H. The van der Waals surface area contributed by atoms with Gasteiger partial charge in [-0.05, 0) is 118 Å². The number of ether oxygens (including phenoxy) is 1. The third-order valence-corrected chi connectivity index (χ3v) is 9.50. The largest absolute Gasteiger partial charge is 0.458 e. The maximum absolute atomic E-state index is 15.2. The van der Waals surface area contributed by atoms with Crippen LogP contribution in [0.4, 0.5) is 51.7 Å². The third-order valence-electron chi connectivity index (χ3n) is 9.50. The number of rotatable bonds is 1. The summed E-state index contributed by atoms with van der Waals surface area (Å²) in [5.74, 6) is -0.612. The van der Waals surface area contributed by atoms with Gasteiger partial charge in [0.05, 0.1) is 0 Å². The molecule has 3 nitrogen and oxygen atoms in total. The van der Waals surface area contributed by atoms with Crippen molar-refractivity contribution in [2.24, 2.45) is 0 Å². The molecule has 0 amide bonds. The Morgan fingerprint density at radius 1 is 0.444 bits per heavy atom. The molecule has 4 aliphatic heterocycles. The van der Waals surface area contributed by atoms with E-state index in [9.17, 15) is 4.39 Å². The van der Waals surface area contributed by atoms with Crippen LogP contribution in [0.2, 0.25) is 0 Å². The number of benzene rings is 6. The van der Waals surface area contributed by atoms with E-state index in [4.69, 9.17) is 4.74 Å². The zero-order chi connectivity index (χ0) is 30.1. The molecule has 10 rings (SSSR count). The Balaban J connectivity index is 1.40. The van der Waals surface area contributed by atoms with Gasteiger partial charge in [-0.3, -0.25) is 0 Å². The average Bonchev–Trinajstić information content (AvgIpc) is 3.04. The minimum atomic E-state index is -0.538. The number of anilines is 6. The summed E-state index contributed by atoms with van der Waals surface area (Å²) in [5.41, 5.74) is 8.83. The van der Waals surface area contributed by atoms with Gasteiger partial charge < -0.3 is 14.5 Å². The minimum Gasteiger partial charge on any atom is -0.458 e. The summed E-state index contributed by atoms with van der Waals surface area (Å²) in [6.07, 6.45) is 0. The normalized spacial score (nSPS) is 14.2. The van der Waals surface area contributed by atoms with Crippen molar-refractivity contribution in [2.75, 3.05) is 9.80 Å². The summed E-state index contributed by atoms with van der Waals surface area (Å²) in [7, 11) is 0. The lowest BCUT2D eigenvalue weighted by Gasteiger charge is -2.49. The number of para-hydroxylation sites is 1. The van der Waals surface area contributed by atoms with E-state index >= 15 is 13.2 Å². The summed E-state index contributed by atoms with van der Waals surface area (Å²) in [6.45, 7) is -1.06. The molecule has 0 aliphatic carbocycles. The van der Waals surface area contributed by atoms with Gasteiger partial charge in [0.25, 0.3) is 13.4 Å². The van der Waals surface area contributed by atoms with Gasteiger partial charge in [-0.2, -0.15) is 0 Å². The van der Waals surface area contributed by atoms with E-state index in [2.05, 4.69) is 4.90 Å². The van der Waals surface area contributed by atoms with Crippen molar-refractivity contribution in [3.63, 3.8) is 0 Å². The summed E-state index contributed by atoms with van der Waals surface area (Å²) >= 11 is 0. The van der Waals surface area contributed by atoms with Crippen molar-refractivity contribution in [3.05, 3.63) is 132 Å². The van der Waals surface area contributed by atoms with Gasteiger partial charge in [-0.25, -0.2) is 17.6 Å². The molecule has 6 aromatic rings. The van der Waals surface area contributed by atoms with E-state index in [1.807, 2.05) is 41.3 Å². The zero-order valence-electron chi connectivity index (χ0n) is 23.4. The zero-order valence-corrected chi connectivity index (χ0v) is 23.4. The number of hydrogen-bond donors (Lipinski definition) is 0. The van der Waals surface area contributed by atoms with Crippen LogP contribution < -0.4 is 47.3 Å². The molecule has 0 bridgehead atoms. The Bertz CT molecular complexity index is 2290. The van der Waals surface area contributed by atoms with Crippen LogP contribution in [0.5, 0.6) is 11.5 Å². The van der Waals surface area contributed by atoms with Crippen molar-refractivity contribution in [1.82, 2.24) is 0 Å². The lowest BCUT2D eigenvalue weighted by Crippen LogP contribution is -2.68. The van der Waals surface area contributed by atoms with Gasteiger partial charge in [-0.1, -0.05) is 18.2 Å². The van der Waals surface area contributed by atoms with E-state index in [1.165, 1.54) is 48.5 Å². The molecule has 0 spiro atoms. The average molecular weight is 592 g/mol. The number of fused-ring (bicyclic) bond motifs is 10. The van der Waals surface area contributed by atoms with Gasteiger partial charge in [0, 0.05) is 40.2 Å². The molecule has 6 aromatic carbocycles. The molecule has 0 atom stereocenters. The Labute approximate surface area is 256 Å². The minimum absolute atomic E-state index is 0.399. The highest BCUT2D eigenvalue weighted by atomic mass is 19.1. The van der Waals surface area contributed by atoms with E-state index in [1.54, 1.807) is 24.3 Å². The van der Waals surface area contributed by atoms with E-state index < -0.39 is 36.7 Å². The Morgan fingerprint density at radius 2 is 0.956 bits per heavy atom. The van der Waals surface area contributed by atoms with Gasteiger partial charge in [-0.15, -0.1) is 0 Å². The first-order chi connectivity index (χ1) is 22.0. The van der Waals surface area contributed by atoms with Crippen molar-refractivity contribution in [3.8, 4) is 11.5 Å². The summed E-state index contributed by atoms with van der Waals surface area (Å²) in [5, 5.41) is 0. The lowest BCUT2D eigenvalue weighted by molar-refractivity contribution is 0.486. The quantitative estimate of drug-likeness (QED) is 0.191. The van der Waals surface area contributed by atoms with E-state index in [-0.39, 0.29) is 0 Å². The molecule has 0 saturated heterocycles. The van der Waals surface area contributed by atoms with Crippen LogP contribution in [0.3, 0.4) is 0 Å². The second-order valence-electron chi connectivity index (χ2n) is 11.8. The number of halogens is 4. The number of hydrogen-bond acceptors (Lipinski definition) is 3. The van der Waals surface area contributed by atoms with Crippen LogP contribution in [0.25, 0.3) is 0 Å². The maximum Gasteiger partial charge on any atom is 0.256 e. The van der Waals surface area contributed by atoms with Crippen LogP contribution in [0.1, 0.15) is 0 Å². The highest BCUT2D eigenvalue weighted by molar-refractivity contribution is 7.04. The SMILES string of the molecule is Fc1ccc2c(c1)B1c3cc(F)ccc3N3c4ccc(F)cc4B4c5cc(F)ccc5N(c5ccccc5)c5cc(c1c3c54)O2. The molecule has 4 aliphatic rings. The highest BCUT2D eigenvalue weighted by Gasteiger charge is 2.51. The Kier molecular flexibility index (Phi) is 4.77. The molecule has 0 unspecified atom stereocenters. The number of nitrogens with zero attached hydrogens (tertiary/aromatic N) is 2. The molecule has 0 aromatic heterocycles. The van der Waals surface area contributed by atoms with E-state index in [0.29, 0.717) is 44.7 Å². The topological polar surface area (TPSA) is 15.7 Å². The monoisotopic (exact) mass is 592 g/mol. The fourth-order valence-corrected chi connectivity index (χ4v) is 7.89. The molecule has 4 heterocycles. The maximum atomic E-state index is 15.2. The second kappa shape index (κ2) is 8.60. The van der Waals surface area contributed by atoms with Gasteiger partial charge in [0.2, 0.25) is 0 Å². The lowest BCUT2D eigenvalue weighted by atomic mass is 9.29. The Morgan fingerprint density at radius 3 is 1.56 bits per heavy atom. The first kappa shape index (κ1) is 25.0. The van der Waals surface area contributed by atoms with Crippen LogP contribution in [0.15, 0.2) is 109 Å². The summed E-state index contributed by atoms with van der Waals surface area (Å²) in [6, 6.07) is 30.1. The van der Waals surface area contributed by atoms with Gasteiger partial charge in [0.1, 0.15) is 34.8 Å². The van der Waals surface area contributed by atoms with Gasteiger partial charge in [0.15, 0.2) is 0 Å². The van der Waals surface area contributed by atoms with Crippen molar-refractivity contribution >= 4 is 80.3 Å². The fraction of sp³-hybridized carbons (Fsp3) is 0. The first-order valence-corrected chi connectivity index (χ1v) is 14.7. The molecule has 212 valence electrons. The summed E-state index contributed by atoms with van der Waals surface area (Å²) in [4.78, 5) is 4.12. The first-order valence-electron chi connectivity index (χ1n) is 14.7. The molecule has 45 heavy (non-hydrogen) atoms.